The number of likely N-dealkylation sites (tertiary alicyclic amines) is 1. The number of rotatable bonds is 5. The summed E-state index contributed by atoms with van der Waals surface area (Å²) in [5.74, 6) is 1.44. The Morgan fingerprint density at radius 3 is 2.88 bits per heavy atom. The molecule has 3 heterocycles. The summed E-state index contributed by atoms with van der Waals surface area (Å²) in [6.07, 6.45) is 1.88. The minimum absolute atomic E-state index is 0.184. The molecule has 134 valence electrons. The summed E-state index contributed by atoms with van der Waals surface area (Å²) in [7, 11) is 0. The van der Waals surface area contributed by atoms with Crippen LogP contribution in [0.1, 0.15) is 24.4 Å². The van der Waals surface area contributed by atoms with Crippen molar-refractivity contribution in [2.45, 2.75) is 26.2 Å². The number of aryl methyl sites for hydroxylation is 1. The number of amides is 1. The van der Waals surface area contributed by atoms with Gasteiger partial charge in [-0.3, -0.25) is 0 Å². The summed E-state index contributed by atoms with van der Waals surface area (Å²) >= 11 is 0. The number of hydrogen-bond donors (Lipinski definition) is 0. The molecule has 25 heavy (non-hydrogen) atoms. The van der Waals surface area contributed by atoms with E-state index in [2.05, 4.69) is 15.1 Å². The fourth-order valence-electron chi connectivity index (χ4n) is 2.89. The number of piperidine rings is 1. The van der Waals surface area contributed by atoms with Crippen LogP contribution in [0.4, 0.5) is 9.18 Å². The molecular formula is C17H21FN4O3. The lowest BCUT2D eigenvalue weighted by atomic mass is 9.94. The highest BCUT2D eigenvalue weighted by Gasteiger charge is 2.25. The number of hydrogen-bond acceptors (Lipinski definition) is 6. The molecule has 0 unspecified atom stereocenters. The number of ether oxygens (including phenoxy) is 1. The first-order valence-electron chi connectivity index (χ1n) is 8.40. The first-order valence-corrected chi connectivity index (χ1v) is 8.40. The molecule has 0 radical (unpaired) electrons. The third-order valence-electron chi connectivity index (χ3n) is 4.22. The van der Waals surface area contributed by atoms with Crippen LogP contribution in [0.3, 0.4) is 0 Å². The standard InChI is InChI=1S/C17H21FN4O3/c1-12-3-2-4-14(19-12)16-20-15(25-21-16)11-13-5-8-22(9-6-13)17(23)24-10-7-18/h2-4,13H,5-11H2,1H3. The van der Waals surface area contributed by atoms with Crippen LogP contribution in [0.5, 0.6) is 0 Å². The van der Waals surface area contributed by atoms with Crippen LogP contribution in [-0.4, -0.2) is 52.5 Å². The van der Waals surface area contributed by atoms with Gasteiger partial charge in [0.1, 0.15) is 19.0 Å². The minimum Gasteiger partial charge on any atom is -0.447 e. The Morgan fingerprint density at radius 1 is 1.36 bits per heavy atom. The maximum absolute atomic E-state index is 12.0. The number of pyridine rings is 1. The van der Waals surface area contributed by atoms with Crippen LogP contribution in [-0.2, 0) is 11.2 Å². The van der Waals surface area contributed by atoms with E-state index < -0.39 is 12.8 Å². The molecule has 1 aliphatic rings. The van der Waals surface area contributed by atoms with Crippen LogP contribution in [0.25, 0.3) is 11.5 Å². The van der Waals surface area contributed by atoms with Gasteiger partial charge in [0, 0.05) is 25.2 Å². The van der Waals surface area contributed by atoms with Gasteiger partial charge in [-0.1, -0.05) is 11.2 Å². The molecule has 3 rings (SSSR count). The number of nitrogens with zero attached hydrogens (tertiary/aromatic N) is 4. The number of aromatic nitrogens is 3. The lowest BCUT2D eigenvalue weighted by molar-refractivity contribution is 0.0821. The molecule has 0 spiro atoms. The topological polar surface area (TPSA) is 81.4 Å². The fraction of sp³-hybridized carbons (Fsp3) is 0.529. The van der Waals surface area contributed by atoms with Crippen molar-refractivity contribution < 1.29 is 18.4 Å². The van der Waals surface area contributed by atoms with Crippen molar-refractivity contribution in [3.05, 3.63) is 29.8 Å². The molecule has 0 bridgehead atoms. The second-order valence-electron chi connectivity index (χ2n) is 6.11. The normalized spacial score (nSPS) is 15.4. The van der Waals surface area contributed by atoms with Gasteiger partial charge in [0.25, 0.3) is 0 Å². The molecular weight excluding hydrogens is 327 g/mol. The van der Waals surface area contributed by atoms with Gasteiger partial charge in [0.2, 0.25) is 11.7 Å². The van der Waals surface area contributed by atoms with Crippen LogP contribution in [0.2, 0.25) is 0 Å². The van der Waals surface area contributed by atoms with Crippen molar-refractivity contribution in [2.75, 3.05) is 26.4 Å². The Kier molecular flexibility index (Phi) is 5.57. The zero-order valence-corrected chi connectivity index (χ0v) is 14.2. The van der Waals surface area contributed by atoms with Gasteiger partial charge in [-0.05, 0) is 37.8 Å². The minimum atomic E-state index is -0.655. The molecule has 1 aliphatic heterocycles. The summed E-state index contributed by atoms with van der Waals surface area (Å²) < 4.78 is 22.2. The van der Waals surface area contributed by atoms with E-state index in [1.165, 1.54) is 0 Å². The highest BCUT2D eigenvalue weighted by molar-refractivity contribution is 5.67. The SMILES string of the molecule is Cc1cccc(-c2noc(CC3CCN(C(=O)OCCF)CC3)n2)n1. The zero-order valence-electron chi connectivity index (χ0n) is 14.2. The van der Waals surface area contributed by atoms with Crippen LogP contribution >= 0.6 is 0 Å². The van der Waals surface area contributed by atoms with Crippen molar-refractivity contribution in [1.29, 1.82) is 0 Å². The van der Waals surface area contributed by atoms with Gasteiger partial charge in [-0.25, -0.2) is 14.2 Å². The lowest BCUT2D eigenvalue weighted by Gasteiger charge is -2.30. The molecule has 8 heteroatoms. The molecule has 0 atom stereocenters. The number of carbonyl (C=O) groups is 1. The first kappa shape index (κ1) is 17.3. The van der Waals surface area contributed by atoms with Crippen LogP contribution in [0, 0.1) is 12.8 Å². The van der Waals surface area contributed by atoms with E-state index in [1.54, 1.807) is 4.90 Å². The van der Waals surface area contributed by atoms with Crippen LogP contribution < -0.4 is 0 Å². The predicted molar refractivity (Wildman–Crippen MR) is 87.6 cm³/mol. The highest BCUT2D eigenvalue weighted by Crippen LogP contribution is 2.22. The first-order chi connectivity index (χ1) is 12.2. The molecule has 0 aromatic carbocycles. The second kappa shape index (κ2) is 8.04. The van der Waals surface area contributed by atoms with Crippen molar-refractivity contribution >= 4 is 6.09 Å². The third kappa shape index (κ3) is 4.52. The maximum Gasteiger partial charge on any atom is 0.409 e. The summed E-state index contributed by atoms with van der Waals surface area (Å²) in [4.78, 5) is 22.1. The maximum atomic E-state index is 12.0. The van der Waals surface area contributed by atoms with Gasteiger partial charge in [-0.2, -0.15) is 4.98 Å². The van der Waals surface area contributed by atoms with Crippen molar-refractivity contribution in [3.63, 3.8) is 0 Å². The molecule has 1 amide bonds. The van der Waals surface area contributed by atoms with E-state index in [1.807, 2.05) is 25.1 Å². The monoisotopic (exact) mass is 348 g/mol. The summed E-state index contributed by atoms with van der Waals surface area (Å²) in [5.41, 5.74) is 1.59. The Labute approximate surface area is 145 Å². The Bertz CT molecular complexity index is 713. The third-order valence-corrected chi connectivity index (χ3v) is 4.22. The fourth-order valence-corrected chi connectivity index (χ4v) is 2.89. The zero-order chi connectivity index (χ0) is 17.6. The van der Waals surface area contributed by atoms with Gasteiger partial charge in [-0.15, -0.1) is 0 Å². The summed E-state index contributed by atoms with van der Waals surface area (Å²) in [6.45, 7) is 2.26. The number of carbonyl (C=O) groups excluding carboxylic acids is 1. The Hall–Kier alpha value is -2.51. The highest BCUT2D eigenvalue weighted by atomic mass is 19.1. The molecule has 2 aromatic rings. The average molecular weight is 348 g/mol. The molecule has 1 saturated heterocycles. The second-order valence-corrected chi connectivity index (χ2v) is 6.11. The molecule has 0 saturated carbocycles. The molecule has 7 nitrogen and oxygen atoms in total. The average Bonchev–Trinajstić information content (AvgIpc) is 3.09. The van der Waals surface area contributed by atoms with Crippen LogP contribution in [0.15, 0.2) is 22.7 Å². The molecule has 2 aromatic heterocycles. The quantitative estimate of drug-likeness (QED) is 0.826. The van der Waals surface area contributed by atoms with E-state index in [4.69, 9.17) is 9.26 Å². The van der Waals surface area contributed by atoms with E-state index in [9.17, 15) is 9.18 Å². The smallest absolute Gasteiger partial charge is 0.409 e. The van der Waals surface area contributed by atoms with Crippen molar-refractivity contribution in [2.24, 2.45) is 5.92 Å². The molecule has 0 aliphatic carbocycles. The summed E-state index contributed by atoms with van der Waals surface area (Å²) in [5, 5.41) is 4.00. The molecule has 0 N–H and O–H groups in total. The van der Waals surface area contributed by atoms with E-state index in [-0.39, 0.29) is 6.61 Å². The summed E-state index contributed by atoms with van der Waals surface area (Å²) in [6, 6.07) is 5.67. The van der Waals surface area contributed by atoms with Gasteiger partial charge < -0.3 is 14.2 Å². The number of halogens is 1. The lowest BCUT2D eigenvalue weighted by Crippen LogP contribution is -2.39. The Morgan fingerprint density at radius 2 is 2.16 bits per heavy atom. The number of alkyl halides is 1. The van der Waals surface area contributed by atoms with Gasteiger partial charge >= 0.3 is 6.09 Å². The molecule has 1 fully saturated rings. The van der Waals surface area contributed by atoms with E-state index >= 15 is 0 Å². The van der Waals surface area contributed by atoms with E-state index in [0.717, 1.165) is 18.5 Å². The Balaban J connectivity index is 1.52. The van der Waals surface area contributed by atoms with E-state index in [0.29, 0.717) is 42.8 Å². The predicted octanol–water partition coefficient (Wildman–Crippen LogP) is 2.80. The van der Waals surface area contributed by atoms with Gasteiger partial charge in [0.05, 0.1) is 0 Å². The van der Waals surface area contributed by atoms with Gasteiger partial charge in [0.15, 0.2) is 0 Å². The van der Waals surface area contributed by atoms with Crippen molar-refractivity contribution in [3.8, 4) is 11.5 Å². The largest absolute Gasteiger partial charge is 0.447 e. The van der Waals surface area contributed by atoms with Crippen molar-refractivity contribution in [1.82, 2.24) is 20.0 Å².